The molecule has 106 valence electrons. The second-order valence-electron chi connectivity index (χ2n) is 4.54. The number of halogens is 1. The minimum Gasteiger partial charge on any atom is -0.416 e. The lowest BCUT2D eigenvalue weighted by atomic mass is 10.2. The van der Waals surface area contributed by atoms with E-state index in [-0.39, 0.29) is 0 Å². The van der Waals surface area contributed by atoms with E-state index in [1.165, 1.54) is 14.7 Å². The third-order valence-electron chi connectivity index (χ3n) is 2.92. The second-order valence-corrected chi connectivity index (χ2v) is 6.71. The van der Waals surface area contributed by atoms with Crippen LogP contribution in [0.3, 0.4) is 0 Å². The van der Waals surface area contributed by atoms with Crippen LogP contribution in [-0.2, 0) is 12.2 Å². The normalized spacial score (nSPS) is 10.7. The summed E-state index contributed by atoms with van der Waals surface area (Å²) in [6.07, 6.45) is 0.679. The van der Waals surface area contributed by atoms with E-state index >= 15 is 0 Å². The van der Waals surface area contributed by atoms with Gasteiger partial charge in [-0.1, -0.05) is 54.2 Å². The van der Waals surface area contributed by atoms with Crippen molar-refractivity contribution in [2.24, 2.45) is 0 Å². The summed E-state index contributed by atoms with van der Waals surface area (Å²) in [6.45, 7) is 0. The van der Waals surface area contributed by atoms with Gasteiger partial charge < -0.3 is 4.42 Å². The molecule has 5 heteroatoms. The summed E-state index contributed by atoms with van der Waals surface area (Å²) >= 11 is 3.87. The van der Waals surface area contributed by atoms with Gasteiger partial charge in [0.15, 0.2) is 0 Å². The maximum atomic E-state index is 5.67. The van der Waals surface area contributed by atoms with Gasteiger partial charge in [0.2, 0.25) is 5.89 Å². The van der Waals surface area contributed by atoms with Gasteiger partial charge in [0, 0.05) is 9.32 Å². The van der Waals surface area contributed by atoms with E-state index in [2.05, 4.69) is 69.2 Å². The summed E-state index contributed by atoms with van der Waals surface area (Å²) in [7, 11) is 0. The average Bonchev–Trinajstić information content (AvgIpc) is 2.95. The Bertz CT molecular complexity index is 698. The van der Waals surface area contributed by atoms with E-state index in [0.717, 1.165) is 5.75 Å². The Balaban J connectivity index is 1.59. The van der Waals surface area contributed by atoms with Gasteiger partial charge in [-0.25, -0.2) is 0 Å². The van der Waals surface area contributed by atoms with Gasteiger partial charge in [-0.05, 0) is 45.9 Å². The zero-order valence-corrected chi connectivity index (χ0v) is 14.2. The lowest BCUT2D eigenvalue weighted by molar-refractivity contribution is 0.420. The monoisotopic (exact) mass is 408 g/mol. The summed E-state index contributed by atoms with van der Waals surface area (Å²) in [6, 6.07) is 18.6. The maximum Gasteiger partial charge on any atom is 0.276 e. The first kappa shape index (κ1) is 14.6. The van der Waals surface area contributed by atoms with Gasteiger partial charge in [0.1, 0.15) is 0 Å². The molecule has 0 spiro atoms. The van der Waals surface area contributed by atoms with Crippen molar-refractivity contribution in [3.05, 3.63) is 75.2 Å². The topological polar surface area (TPSA) is 38.9 Å². The van der Waals surface area contributed by atoms with Crippen LogP contribution < -0.4 is 0 Å². The van der Waals surface area contributed by atoms with Crippen LogP contribution in [0, 0.1) is 3.57 Å². The molecule has 0 saturated carbocycles. The molecule has 3 rings (SSSR count). The molecule has 0 amide bonds. The zero-order valence-electron chi connectivity index (χ0n) is 11.2. The Morgan fingerprint density at radius 3 is 2.43 bits per heavy atom. The molecule has 0 N–H and O–H groups in total. The van der Waals surface area contributed by atoms with E-state index in [1.54, 1.807) is 11.8 Å². The average molecular weight is 408 g/mol. The van der Waals surface area contributed by atoms with E-state index in [1.807, 2.05) is 18.2 Å². The van der Waals surface area contributed by atoms with E-state index in [9.17, 15) is 0 Å². The van der Waals surface area contributed by atoms with Crippen LogP contribution in [0.2, 0.25) is 0 Å². The fourth-order valence-corrected chi connectivity index (χ4v) is 2.96. The van der Waals surface area contributed by atoms with Gasteiger partial charge in [0.25, 0.3) is 5.22 Å². The van der Waals surface area contributed by atoms with Gasteiger partial charge in [-0.15, -0.1) is 10.2 Å². The summed E-state index contributed by atoms with van der Waals surface area (Å²) in [4.78, 5) is 0. The van der Waals surface area contributed by atoms with Gasteiger partial charge in [0.05, 0.1) is 6.42 Å². The highest BCUT2D eigenvalue weighted by Gasteiger charge is 2.07. The van der Waals surface area contributed by atoms with Crippen LogP contribution >= 0.6 is 34.4 Å². The predicted octanol–water partition coefficient (Wildman–Crippen LogP) is 4.56. The third-order valence-corrected chi connectivity index (χ3v) is 4.53. The van der Waals surface area contributed by atoms with Crippen molar-refractivity contribution in [1.82, 2.24) is 10.2 Å². The highest BCUT2D eigenvalue weighted by atomic mass is 127. The molecular formula is C16H13IN2OS. The van der Waals surface area contributed by atoms with E-state index in [0.29, 0.717) is 17.5 Å². The number of hydrogen-bond donors (Lipinski definition) is 0. The molecule has 0 aliphatic carbocycles. The van der Waals surface area contributed by atoms with Crippen LogP contribution in [0.4, 0.5) is 0 Å². The summed E-state index contributed by atoms with van der Waals surface area (Å²) in [5.41, 5.74) is 2.43. The molecule has 0 bridgehead atoms. The minimum absolute atomic E-state index is 0.625. The summed E-state index contributed by atoms with van der Waals surface area (Å²) in [5, 5.41) is 8.81. The molecule has 0 saturated heterocycles. The first-order valence-corrected chi connectivity index (χ1v) is 8.59. The molecule has 1 aromatic heterocycles. The zero-order chi connectivity index (χ0) is 14.5. The molecule has 3 aromatic rings. The van der Waals surface area contributed by atoms with Gasteiger partial charge in [-0.2, -0.15) is 0 Å². The fraction of sp³-hybridized carbons (Fsp3) is 0.125. The van der Waals surface area contributed by atoms with Crippen molar-refractivity contribution in [3.8, 4) is 0 Å². The number of benzene rings is 2. The molecule has 0 unspecified atom stereocenters. The number of aromatic nitrogens is 2. The Morgan fingerprint density at radius 1 is 0.905 bits per heavy atom. The predicted molar refractivity (Wildman–Crippen MR) is 92.3 cm³/mol. The van der Waals surface area contributed by atoms with E-state index in [4.69, 9.17) is 4.42 Å². The minimum atomic E-state index is 0.625. The molecule has 0 aliphatic heterocycles. The first-order chi connectivity index (χ1) is 10.3. The smallest absolute Gasteiger partial charge is 0.276 e. The summed E-state index contributed by atoms with van der Waals surface area (Å²) in [5.74, 6) is 1.50. The standard InChI is InChI=1S/C16H13IN2OS/c17-14-8-6-13(7-9-14)11-21-16-19-18-15(20-16)10-12-4-2-1-3-5-12/h1-9H,10-11H2. The number of nitrogens with zero attached hydrogens (tertiary/aromatic N) is 2. The Morgan fingerprint density at radius 2 is 1.67 bits per heavy atom. The van der Waals surface area contributed by atoms with Crippen molar-refractivity contribution in [3.63, 3.8) is 0 Å². The molecule has 0 radical (unpaired) electrons. The number of hydrogen-bond acceptors (Lipinski definition) is 4. The van der Waals surface area contributed by atoms with Crippen LogP contribution in [0.25, 0.3) is 0 Å². The van der Waals surface area contributed by atoms with Crippen molar-refractivity contribution < 1.29 is 4.42 Å². The van der Waals surface area contributed by atoms with Crippen molar-refractivity contribution >= 4 is 34.4 Å². The van der Waals surface area contributed by atoms with Gasteiger partial charge >= 0.3 is 0 Å². The molecule has 0 atom stereocenters. The maximum absolute atomic E-state index is 5.67. The SMILES string of the molecule is Ic1ccc(CSc2nnc(Cc3ccccc3)o2)cc1. The van der Waals surface area contributed by atoms with Crippen LogP contribution in [0.5, 0.6) is 0 Å². The lowest BCUT2D eigenvalue weighted by Crippen LogP contribution is -1.87. The number of thioether (sulfide) groups is 1. The van der Waals surface area contributed by atoms with Crippen molar-refractivity contribution in [2.75, 3.05) is 0 Å². The summed E-state index contributed by atoms with van der Waals surface area (Å²) < 4.78 is 6.91. The first-order valence-electron chi connectivity index (χ1n) is 6.53. The Kier molecular flexibility index (Phi) is 4.92. The highest BCUT2D eigenvalue weighted by molar-refractivity contribution is 14.1. The van der Waals surface area contributed by atoms with Crippen molar-refractivity contribution in [1.29, 1.82) is 0 Å². The van der Waals surface area contributed by atoms with Crippen LogP contribution in [0.1, 0.15) is 17.0 Å². The lowest BCUT2D eigenvalue weighted by Gasteiger charge is -1.98. The second kappa shape index (κ2) is 7.09. The van der Waals surface area contributed by atoms with Crippen molar-refractivity contribution in [2.45, 2.75) is 17.4 Å². The number of rotatable bonds is 5. The van der Waals surface area contributed by atoms with Crippen LogP contribution in [-0.4, -0.2) is 10.2 Å². The Hall–Kier alpha value is -1.34. The van der Waals surface area contributed by atoms with Gasteiger partial charge in [-0.3, -0.25) is 0 Å². The molecular weight excluding hydrogens is 395 g/mol. The largest absolute Gasteiger partial charge is 0.416 e. The Labute approximate surface area is 141 Å². The van der Waals surface area contributed by atoms with Crippen LogP contribution in [0.15, 0.2) is 64.2 Å². The molecule has 1 heterocycles. The third kappa shape index (κ3) is 4.31. The highest BCUT2D eigenvalue weighted by Crippen LogP contribution is 2.22. The quantitative estimate of drug-likeness (QED) is 0.459. The molecule has 0 fully saturated rings. The van der Waals surface area contributed by atoms with E-state index < -0.39 is 0 Å². The molecule has 0 aliphatic rings. The molecule has 2 aromatic carbocycles. The molecule has 21 heavy (non-hydrogen) atoms. The fourth-order valence-electron chi connectivity index (χ4n) is 1.86. The molecule has 3 nitrogen and oxygen atoms in total.